The summed E-state index contributed by atoms with van der Waals surface area (Å²) < 4.78 is 7.97. The zero-order chi connectivity index (χ0) is 24.2. The predicted octanol–water partition coefficient (Wildman–Crippen LogP) is 4.93. The van der Waals surface area contributed by atoms with Gasteiger partial charge in [0.1, 0.15) is 0 Å². The number of nitrogens with one attached hydrogen (secondary N) is 2. The minimum atomic E-state index is -0.0591. The highest BCUT2D eigenvalue weighted by molar-refractivity contribution is 7.99. The lowest BCUT2D eigenvalue weighted by Gasteiger charge is -2.14. The number of anilines is 1. The Labute approximate surface area is 207 Å². The summed E-state index contributed by atoms with van der Waals surface area (Å²) >= 11 is 1.38. The summed E-state index contributed by atoms with van der Waals surface area (Å²) in [6, 6.07) is 15.1. The number of hydrogen-bond donors (Lipinski definition) is 2. The van der Waals surface area contributed by atoms with Gasteiger partial charge in [-0.3, -0.25) is 14.2 Å². The minimum absolute atomic E-state index is 0.0105. The molecule has 2 aromatic carbocycles. The molecule has 0 bridgehead atoms. The number of aromatic amines is 1. The molecule has 1 aliphatic rings. The molecule has 8 nitrogen and oxygen atoms in total. The molecule has 180 valence electrons. The molecule has 1 aliphatic heterocycles. The number of nitrogens with zero attached hydrogens (tertiary/aromatic N) is 3. The van der Waals surface area contributed by atoms with Crippen molar-refractivity contribution in [1.82, 2.24) is 19.7 Å². The molecule has 1 fully saturated rings. The molecule has 35 heavy (non-hydrogen) atoms. The first kappa shape index (κ1) is 23.3. The summed E-state index contributed by atoms with van der Waals surface area (Å²) in [6.45, 7) is 3.21. The van der Waals surface area contributed by atoms with Crippen molar-refractivity contribution in [2.45, 2.75) is 44.0 Å². The monoisotopic (exact) mass is 489 g/mol. The SMILES string of the molecule is CCC(=O)Nc1ccc(C(=O)CSc2nnc(-c3c[nH]c4ccccc34)n2C[C@@H]2CCCO2)cc1. The fourth-order valence-corrected chi connectivity index (χ4v) is 5.05. The Morgan fingerprint density at radius 2 is 2.00 bits per heavy atom. The van der Waals surface area contributed by atoms with Gasteiger partial charge in [-0.1, -0.05) is 36.9 Å². The molecule has 0 unspecified atom stereocenters. The van der Waals surface area contributed by atoms with Gasteiger partial charge >= 0.3 is 0 Å². The van der Waals surface area contributed by atoms with Crippen LogP contribution in [-0.2, 0) is 16.1 Å². The molecule has 9 heteroatoms. The molecule has 1 saturated heterocycles. The normalized spacial score (nSPS) is 15.5. The van der Waals surface area contributed by atoms with Crippen molar-refractivity contribution in [2.75, 3.05) is 17.7 Å². The van der Waals surface area contributed by atoms with Gasteiger partial charge in [0.25, 0.3) is 0 Å². The second-order valence-corrected chi connectivity index (χ2v) is 9.43. The number of Topliss-reactive ketones (excluding diaryl/α,β-unsaturated/α-hetero) is 1. The summed E-state index contributed by atoms with van der Waals surface area (Å²) in [5.41, 5.74) is 3.29. The Morgan fingerprint density at radius 3 is 2.77 bits per heavy atom. The van der Waals surface area contributed by atoms with Gasteiger partial charge < -0.3 is 15.0 Å². The number of hydrogen-bond acceptors (Lipinski definition) is 6. The molecule has 0 spiro atoms. The van der Waals surface area contributed by atoms with Crippen LogP contribution < -0.4 is 5.32 Å². The van der Waals surface area contributed by atoms with Crippen molar-refractivity contribution in [1.29, 1.82) is 0 Å². The maximum Gasteiger partial charge on any atom is 0.224 e. The molecule has 1 amide bonds. The fourth-order valence-electron chi connectivity index (χ4n) is 4.21. The number of rotatable bonds is 9. The Hall–Kier alpha value is -3.43. The van der Waals surface area contributed by atoms with Crippen LogP contribution in [0.15, 0.2) is 59.9 Å². The van der Waals surface area contributed by atoms with Gasteiger partial charge in [0.05, 0.1) is 18.4 Å². The van der Waals surface area contributed by atoms with Crippen molar-refractivity contribution in [3.05, 3.63) is 60.3 Å². The lowest BCUT2D eigenvalue weighted by atomic mass is 10.1. The number of carbonyl (C=O) groups excluding carboxylic acids is 2. The average molecular weight is 490 g/mol. The summed E-state index contributed by atoms with van der Waals surface area (Å²) in [5, 5.41) is 13.5. The standard InChI is InChI=1S/C26H27N5O3S/c1-2-24(33)28-18-11-9-17(10-12-18)23(32)16-35-26-30-29-25(31(26)15-19-6-5-13-34-19)21-14-27-22-8-4-3-7-20(21)22/h3-4,7-12,14,19,27H,2,5-6,13,15-16H2,1H3,(H,28,33)/t19-/m0/s1. The summed E-state index contributed by atoms with van der Waals surface area (Å²) in [4.78, 5) is 27.8. The Kier molecular flexibility index (Phi) is 6.96. The number of amides is 1. The summed E-state index contributed by atoms with van der Waals surface area (Å²) in [6.07, 6.45) is 4.51. The van der Waals surface area contributed by atoms with Crippen LogP contribution >= 0.6 is 11.8 Å². The summed E-state index contributed by atoms with van der Waals surface area (Å²) in [7, 11) is 0. The molecule has 0 aliphatic carbocycles. The van der Waals surface area contributed by atoms with E-state index in [1.807, 2.05) is 24.4 Å². The quantitative estimate of drug-likeness (QED) is 0.255. The van der Waals surface area contributed by atoms with Crippen LogP contribution in [0.5, 0.6) is 0 Å². The smallest absolute Gasteiger partial charge is 0.224 e. The van der Waals surface area contributed by atoms with E-state index in [1.165, 1.54) is 11.8 Å². The minimum Gasteiger partial charge on any atom is -0.376 e. The van der Waals surface area contributed by atoms with Gasteiger partial charge in [-0.25, -0.2) is 0 Å². The van der Waals surface area contributed by atoms with E-state index in [-0.39, 0.29) is 23.5 Å². The Balaban J connectivity index is 1.35. The fraction of sp³-hybridized carbons (Fsp3) is 0.308. The average Bonchev–Trinajstić information content (AvgIpc) is 3.63. The van der Waals surface area contributed by atoms with Gasteiger partial charge in [0.15, 0.2) is 16.8 Å². The van der Waals surface area contributed by atoms with Crippen LogP contribution in [0.25, 0.3) is 22.3 Å². The number of ketones is 1. The topological polar surface area (TPSA) is 102 Å². The third kappa shape index (κ3) is 5.16. The van der Waals surface area contributed by atoms with Crippen molar-refractivity contribution >= 4 is 40.0 Å². The van der Waals surface area contributed by atoms with Crippen LogP contribution in [0.1, 0.15) is 36.5 Å². The van der Waals surface area contributed by atoms with Crippen molar-refractivity contribution in [3.8, 4) is 11.4 Å². The van der Waals surface area contributed by atoms with Crippen LogP contribution in [-0.4, -0.2) is 49.9 Å². The Morgan fingerprint density at radius 1 is 1.17 bits per heavy atom. The molecule has 1 atom stereocenters. The number of carbonyl (C=O) groups is 2. The third-order valence-electron chi connectivity index (χ3n) is 6.10. The van der Waals surface area contributed by atoms with Crippen molar-refractivity contribution < 1.29 is 14.3 Å². The number of fused-ring (bicyclic) bond motifs is 1. The number of para-hydroxylation sites is 1. The second-order valence-electron chi connectivity index (χ2n) is 8.49. The molecule has 4 aromatic rings. The molecule has 0 radical (unpaired) electrons. The number of ether oxygens (including phenoxy) is 1. The van der Waals surface area contributed by atoms with E-state index in [0.29, 0.717) is 29.4 Å². The van der Waals surface area contributed by atoms with Gasteiger partial charge in [-0.15, -0.1) is 10.2 Å². The molecule has 3 heterocycles. The van der Waals surface area contributed by atoms with E-state index in [2.05, 4.69) is 31.1 Å². The zero-order valence-corrected chi connectivity index (χ0v) is 20.3. The number of H-pyrrole nitrogens is 1. The van der Waals surface area contributed by atoms with Crippen LogP contribution in [0.4, 0.5) is 5.69 Å². The second kappa shape index (κ2) is 10.5. The zero-order valence-electron chi connectivity index (χ0n) is 19.5. The lowest BCUT2D eigenvalue weighted by Crippen LogP contribution is -2.17. The van der Waals surface area contributed by atoms with Crippen LogP contribution in [0, 0.1) is 0 Å². The maximum absolute atomic E-state index is 12.9. The van der Waals surface area contributed by atoms with Gasteiger partial charge in [-0.2, -0.15) is 0 Å². The maximum atomic E-state index is 12.9. The van der Waals surface area contributed by atoms with Crippen LogP contribution in [0.2, 0.25) is 0 Å². The first-order valence-corrected chi connectivity index (χ1v) is 12.8. The molecule has 5 rings (SSSR count). The van der Waals surface area contributed by atoms with Crippen molar-refractivity contribution in [3.63, 3.8) is 0 Å². The van der Waals surface area contributed by atoms with Crippen molar-refractivity contribution in [2.24, 2.45) is 0 Å². The van der Waals surface area contributed by atoms with Crippen LogP contribution in [0.3, 0.4) is 0 Å². The van der Waals surface area contributed by atoms with E-state index < -0.39 is 0 Å². The van der Waals surface area contributed by atoms with E-state index >= 15 is 0 Å². The first-order valence-electron chi connectivity index (χ1n) is 11.8. The highest BCUT2D eigenvalue weighted by Gasteiger charge is 2.23. The largest absolute Gasteiger partial charge is 0.376 e. The number of thioether (sulfide) groups is 1. The molecule has 0 saturated carbocycles. The molecular formula is C26H27N5O3S. The molecular weight excluding hydrogens is 462 g/mol. The lowest BCUT2D eigenvalue weighted by molar-refractivity contribution is -0.115. The number of aromatic nitrogens is 4. The first-order chi connectivity index (χ1) is 17.1. The van der Waals surface area contributed by atoms with Gasteiger partial charge in [0.2, 0.25) is 5.91 Å². The summed E-state index contributed by atoms with van der Waals surface area (Å²) in [5.74, 6) is 0.932. The van der Waals surface area contributed by atoms with E-state index in [9.17, 15) is 9.59 Å². The Bertz CT molecular complexity index is 1340. The van der Waals surface area contributed by atoms with E-state index in [1.54, 1.807) is 31.2 Å². The highest BCUT2D eigenvalue weighted by Crippen LogP contribution is 2.31. The van der Waals surface area contributed by atoms with E-state index in [4.69, 9.17) is 4.74 Å². The molecule has 2 aromatic heterocycles. The van der Waals surface area contributed by atoms with Gasteiger partial charge in [-0.05, 0) is 43.2 Å². The predicted molar refractivity (Wildman–Crippen MR) is 137 cm³/mol. The van der Waals surface area contributed by atoms with E-state index in [0.717, 1.165) is 41.7 Å². The van der Waals surface area contributed by atoms with Gasteiger partial charge in [0, 0.05) is 46.9 Å². The number of benzene rings is 2. The highest BCUT2D eigenvalue weighted by atomic mass is 32.2. The third-order valence-corrected chi connectivity index (χ3v) is 7.07. The molecule has 2 N–H and O–H groups in total.